The first-order chi connectivity index (χ1) is 13.1. The molecule has 1 saturated carbocycles. The minimum atomic E-state index is -4.55. The van der Waals surface area contributed by atoms with Crippen LogP contribution in [0.4, 0.5) is 13.2 Å². The first-order valence-electron chi connectivity index (χ1n) is 8.45. The number of ether oxygens (including phenoxy) is 1. The van der Waals surface area contributed by atoms with Crippen molar-refractivity contribution < 1.29 is 31.1 Å². The Hall–Kier alpha value is -2.40. The lowest BCUT2D eigenvalue weighted by molar-refractivity contribution is -0.141. The summed E-state index contributed by atoms with van der Waals surface area (Å²) >= 11 is 0. The number of rotatable bonds is 7. The molecule has 1 aromatic heterocycles. The average Bonchev–Trinajstić information content (AvgIpc) is 3.39. The van der Waals surface area contributed by atoms with Gasteiger partial charge in [-0.25, -0.2) is 17.9 Å². The first-order valence-corrected chi connectivity index (χ1v) is 9.93. The molecule has 11 heteroatoms. The first kappa shape index (κ1) is 20.3. The topological polar surface area (TPSA) is 90.3 Å². The van der Waals surface area contributed by atoms with Crippen LogP contribution in [0.1, 0.15) is 40.5 Å². The Balaban J connectivity index is 1.67. The van der Waals surface area contributed by atoms with Crippen LogP contribution in [0.25, 0.3) is 0 Å². The van der Waals surface area contributed by atoms with E-state index < -0.39 is 27.9 Å². The van der Waals surface area contributed by atoms with Gasteiger partial charge in [-0.05, 0) is 43.2 Å². The Morgan fingerprint density at radius 3 is 2.46 bits per heavy atom. The molecule has 1 heterocycles. The maximum atomic E-state index is 12.9. The minimum Gasteiger partial charge on any atom is -0.465 e. The third-order valence-corrected chi connectivity index (χ3v) is 5.78. The van der Waals surface area contributed by atoms with E-state index in [4.69, 9.17) is 0 Å². The highest BCUT2D eigenvalue weighted by atomic mass is 32.2. The molecule has 0 unspecified atom stereocenters. The summed E-state index contributed by atoms with van der Waals surface area (Å²) in [6.07, 6.45) is -2.96. The Bertz CT molecular complexity index is 965. The van der Waals surface area contributed by atoms with Crippen LogP contribution in [-0.4, -0.2) is 37.8 Å². The van der Waals surface area contributed by atoms with E-state index in [2.05, 4.69) is 14.6 Å². The van der Waals surface area contributed by atoms with Crippen molar-refractivity contribution in [1.82, 2.24) is 14.5 Å². The van der Waals surface area contributed by atoms with Crippen molar-refractivity contribution in [2.24, 2.45) is 0 Å². The number of methoxy groups -OCH3 is 1. The SMILES string of the molecule is COC(=O)c1ccc(S(=O)(=O)NCCn2nc(C(F)(F)F)cc2C2CC2)cc1. The third kappa shape index (κ3) is 4.53. The second-order valence-corrected chi connectivity index (χ2v) is 8.13. The van der Waals surface area contributed by atoms with Gasteiger partial charge in [0.25, 0.3) is 0 Å². The Morgan fingerprint density at radius 1 is 1.29 bits per heavy atom. The fraction of sp³-hybridized carbons (Fsp3) is 0.412. The zero-order chi connectivity index (χ0) is 20.5. The van der Waals surface area contributed by atoms with Gasteiger partial charge in [-0.15, -0.1) is 0 Å². The number of nitrogens with one attached hydrogen (secondary N) is 1. The fourth-order valence-electron chi connectivity index (χ4n) is 2.71. The van der Waals surface area contributed by atoms with Crippen LogP contribution in [0, 0.1) is 0 Å². The largest absolute Gasteiger partial charge is 0.465 e. The van der Waals surface area contributed by atoms with Crippen LogP contribution in [-0.2, 0) is 27.5 Å². The zero-order valence-electron chi connectivity index (χ0n) is 14.9. The van der Waals surface area contributed by atoms with Crippen LogP contribution >= 0.6 is 0 Å². The number of sulfonamides is 1. The number of esters is 1. The summed E-state index contributed by atoms with van der Waals surface area (Å²) in [6, 6.07) is 6.15. The second-order valence-electron chi connectivity index (χ2n) is 6.36. The molecule has 3 rings (SSSR count). The van der Waals surface area contributed by atoms with Crippen molar-refractivity contribution in [3.8, 4) is 0 Å². The van der Waals surface area contributed by atoms with E-state index in [1.807, 2.05) is 0 Å². The van der Waals surface area contributed by atoms with Gasteiger partial charge in [0, 0.05) is 18.2 Å². The lowest BCUT2D eigenvalue weighted by atomic mass is 10.2. The van der Waals surface area contributed by atoms with Gasteiger partial charge in [0.15, 0.2) is 5.69 Å². The van der Waals surface area contributed by atoms with E-state index >= 15 is 0 Å². The lowest BCUT2D eigenvalue weighted by Gasteiger charge is -2.09. The molecular formula is C17H18F3N3O4S. The molecule has 0 saturated heterocycles. The highest BCUT2D eigenvalue weighted by Gasteiger charge is 2.37. The molecule has 28 heavy (non-hydrogen) atoms. The van der Waals surface area contributed by atoms with E-state index in [9.17, 15) is 26.4 Å². The molecular weight excluding hydrogens is 399 g/mol. The van der Waals surface area contributed by atoms with E-state index in [1.165, 1.54) is 36.1 Å². The predicted molar refractivity (Wildman–Crippen MR) is 92.2 cm³/mol. The molecule has 0 aliphatic heterocycles. The highest BCUT2D eigenvalue weighted by molar-refractivity contribution is 7.89. The van der Waals surface area contributed by atoms with E-state index in [0.717, 1.165) is 18.9 Å². The Morgan fingerprint density at radius 2 is 1.93 bits per heavy atom. The smallest absolute Gasteiger partial charge is 0.435 e. The van der Waals surface area contributed by atoms with Crippen molar-refractivity contribution >= 4 is 16.0 Å². The molecule has 0 spiro atoms. The van der Waals surface area contributed by atoms with Gasteiger partial charge in [0.2, 0.25) is 10.0 Å². The number of halogens is 3. The normalized spacial score (nSPS) is 14.9. The lowest BCUT2D eigenvalue weighted by Crippen LogP contribution is -2.28. The van der Waals surface area contributed by atoms with Crippen molar-refractivity contribution in [1.29, 1.82) is 0 Å². The molecule has 0 amide bonds. The maximum absolute atomic E-state index is 12.9. The van der Waals surface area contributed by atoms with Crippen LogP contribution in [0.5, 0.6) is 0 Å². The number of aromatic nitrogens is 2. The minimum absolute atomic E-state index is 0.0264. The zero-order valence-corrected chi connectivity index (χ0v) is 15.7. The quantitative estimate of drug-likeness (QED) is 0.700. The molecule has 0 bridgehead atoms. The van der Waals surface area contributed by atoms with Gasteiger partial charge in [0.05, 0.1) is 24.1 Å². The molecule has 1 aliphatic carbocycles. The summed E-state index contributed by atoms with van der Waals surface area (Å²) in [5, 5.41) is 3.58. The van der Waals surface area contributed by atoms with Gasteiger partial charge in [-0.1, -0.05) is 0 Å². The fourth-order valence-corrected chi connectivity index (χ4v) is 3.73. The van der Waals surface area contributed by atoms with Crippen molar-refractivity contribution in [2.45, 2.75) is 36.4 Å². The monoisotopic (exact) mass is 417 g/mol. The van der Waals surface area contributed by atoms with Gasteiger partial charge in [0.1, 0.15) is 0 Å². The molecule has 1 N–H and O–H groups in total. The standard InChI is InChI=1S/C17H18F3N3O4S/c1-27-16(24)12-4-6-13(7-5-12)28(25,26)21-8-9-23-14(11-2-3-11)10-15(22-23)17(18,19)20/h4-7,10-11,21H,2-3,8-9H2,1H3. The highest BCUT2D eigenvalue weighted by Crippen LogP contribution is 2.42. The van der Waals surface area contributed by atoms with Crippen LogP contribution in [0.2, 0.25) is 0 Å². The summed E-state index contributed by atoms with van der Waals surface area (Å²) in [5.41, 5.74) is -0.309. The van der Waals surface area contributed by atoms with Crippen LogP contribution < -0.4 is 4.72 Å². The molecule has 2 aromatic rings. The molecule has 0 radical (unpaired) electrons. The van der Waals surface area contributed by atoms with E-state index in [0.29, 0.717) is 5.69 Å². The van der Waals surface area contributed by atoms with E-state index in [-0.39, 0.29) is 29.5 Å². The number of hydrogen-bond donors (Lipinski definition) is 1. The van der Waals surface area contributed by atoms with E-state index in [1.54, 1.807) is 0 Å². The predicted octanol–water partition coefficient (Wildman–Crippen LogP) is 2.54. The molecule has 1 fully saturated rings. The number of nitrogens with zero attached hydrogens (tertiary/aromatic N) is 2. The summed E-state index contributed by atoms with van der Waals surface area (Å²) in [7, 11) is -2.67. The molecule has 7 nitrogen and oxygen atoms in total. The Kier molecular flexibility index (Phi) is 5.48. The van der Waals surface area contributed by atoms with Crippen LogP contribution in [0.3, 0.4) is 0 Å². The Labute approximate surface area is 159 Å². The molecule has 152 valence electrons. The van der Waals surface area contributed by atoms with Gasteiger partial charge in [-0.2, -0.15) is 18.3 Å². The number of carbonyl (C=O) groups excluding carboxylic acids is 1. The number of hydrogen-bond acceptors (Lipinski definition) is 5. The summed E-state index contributed by atoms with van der Waals surface area (Å²) < 4.78 is 71.4. The van der Waals surface area contributed by atoms with Crippen LogP contribution in [0.15, 0.2) is 35.2 Å². The number of benzene rings is 1. The van der Waals surface area contributed by atoms with Gasteiger partial charge in [-0.3, -0.25) is 4.68 Å². The number of carbonyl (C=O) groups is 1. The second kappa shape index (κ2) is 7.55. The molecule has 1 aromatic carbocycles. The number of alkyl halides is 3. The average molecular weight is 417 g/mol. The van der Waals surface area contributed by atoms with Gasteiger partial charge < -0.3 is 4.74 Å². The summed E-state index contributed by atoms with van der Waals surface area (Å²) in [4.78, 5) is 11.3. The summed E-state index contributed by atoms with van der Waals surface area (Å²) in [6.45, 7) is -0.152. The summed E-state index contributed by atoms with van der Waals surface area (Å²) in [5.74, 6) is -0.560. The van der Waals surface area contributed by atoms with Crippen molar-refractivity contribution in [3.63, 3.8) is 0 Å². The van der Waals surface area contributed by atoms with Gasteiger partial charge >= 0.3 is 12.1 Å². The maximum Gasteiger partial charge on any atom is 0.435 e. The molecule has 0 atom stereocenters. The van der Waals surface area contributed by atoms with Crippen molar-refractivity contribution in [3.05, 3.63) is 47.3 Å². The van der Waals surface area contributed by atoms with Crippen molar-refractivity contribution in [2.75, 3.05) is 13.7 Å². The molecule has 1 aliphatic rings. The third-order valence-electron chi connectivity index (χ3n) is 4.30.